The summed E-state index contributed by atoms with van der Waals surface area (Å²) in [5, 5.41) is 5.66. The summed E-state index contributed by atoms with van der Waals surface area (Å²) < 4.78 is 27.0. The lowest BCUT2D eigenvalue weighted by Gasteiger charge is -2.12. The molecule has 9 nitrogen and oxygen atoms in total. The van der Waals surface area contributed by atoms with Crippen LogP contribution in [0.2, 0.25) is 0 Å². The Bertz CT molecular complexity index is 1340. The standard InChI is InChI=1S/C30H28N2O7/c1-35-23-13-15-27(37-3)25(17-23)31-29(33)19-5-9-21(10-6-19)39-22-11-7-20(8-12-22)30(34)32-26-18-24(36-2)14-16-28(26)38-4/h5-18H,1-4H3,(H,31,33)(H,32,34). The maximum absolute atomic E-state index is 12.8. The van der Waals surface area contributed by atoms with Gasteiger partial charge in [-0.3, -0.25) is 9.59 Å². The van der Waals surface area contributed by atoms with E-state index < -0.39 is 0 Å². The van der Waals surface area contributed by atoms with Crippen LogP contribution >= 0.6 is 0 Å². The molecular weight excluding hydrogens is 500 g/mol. The van der Waals surface area contributed by atoms with Gasteiger partial charge in [0.25, 0.3) is 11.8 Å². The van der Waals surface area contributed by atoms with Gasteiger partial charge in [0, 0.05) is 23.3 Å². The predicted octanol–water partition coefficient (Wildman–Crippen LogP) is 6.02. The van der Waals surface area contributed by atoms with Crippen molar-refractivity contribution in [3.8, 4) is 34.5 Å². The number of ether oxygens (including phenoxy) is 5. The van der Waals surface area contributed by atoms with Crippen LogP contribution < -0.4 is 34.3 Å². The first-order valence-electron chi connectivity index (χ1n) is 11.9. The Labute approximate surface area is 226 Å². The van der Waals surface area contributed by atoms with Crippen LogP contribution in [0.5, 0.6) is 34.5 Å². The number of nitrogens with one attached hydrogen (secondary N) is 2. The molecule has 4 aromatic carbocycles. The number of anilines is 2. The minimum absolute atomic E-state index is 0.309. The van der Waals surface area contributed by atoms with E-state index in [1.165, 1.54) is 14.2 Å². The average Bonchev–Trinajstić information content (AvgIpc) is 2.97. The van der Waals surface area contributed by atoms with E-state index in [1.54, 1.807) is 99.1 Å². The second-order valence-electron chi connectivity index (χ2n) is 8.19. The van der Waals surface area contributed by atoms with E-state index in [0.29, 0.717) is 57.0 Å². The number of methoxy groups -OCH3 is 4. The van der Waals surface area contributed by atoms with E-state index in [1.807, 2.05) is 0 Å². The van der Waals surface area contributed by atoms with Crippen molar-refractivity contribution in [3.63, 3.8) is 0 Å². The number of benzene rings is 4. The lowest BCUT2D eigenvalue weighted by atomic mass is 10.2. The smallest absolute Gasteiger partial charge is 0.255 e. The van der Waals surface area contributed by atoms with Crippen molar-refractivity contribution in [2.45, 2.75) is 0 Å². The minimum atomic E-state index is -0.309. The molecule has 0 fully saturated rings. The number of rotatable bonds is 10. The number of hydrogen-bond acceptors (Lipinski definition) is 7. The quantitative estimate of drug-likeness (QED) is 0.259. The topological polar surface area (TPSA) is 104 Å². The summed E-state index contributed by atoms with van der Waals surface area (Å²) in [4.78, 5) is 25.5. The van der Waals surface area contributed by atoms with Crippen LogP contribution in [-0.4, -0.2) is 40.3 Å². The molecule has 0 spiro atoms. The van der Waals surface area contributed by atoms with E-state index in [-0.39, 0.29) is 11.8 Å². The molecule has 4 rings (SSSR count). The summed E-state index contributed by atoms with van der Waals surface area (Å²) in [5.74, 6) is 2.67. The van der Waals surface area contributed by atoms with Gasteiger partial charge in [-0.15, -0.1) is 0 Å². The van der Waals surface area contributed by atoms with Crippen molar-refractivity contribution < 1.29 is 33.3 Å². The fraction of sp³-hybridized carbons (Fsp3) is 0.133. The van der Waals surface area contributed by atoms with Gasteiger partial charge in [0.15, 0.2) is 0 Å². The zero-order chi connectivity index (χ0) is 27.8. The highest BCUT2D eigenvalue weighted by molar-refractivity contribution is 6.06. The van der Waals surface area contributed by atoms with E-state index >= 15 is 0 Å². The molecule has 4 aromatic rings. The molecule has 0 aromatic heterocycles. The van der Waals surface area contributed by atoms with Gasteiger partial charge >= 0.3 is 0 Å². The first kappa shape index (κ1) is 26.9. The molecule has 2 N–H and O–H groups in total. The molecule has 0 radical (unpaired) electrons. The van der Waals surface area contributed by atoms with Crippen molar-refractivity contribution in [2.75, 3.05) is 39.1 Å². The minimum Gasteiger partial charge on any atom is -0.497 e. The molecule has 0 saturated carbocycles. The summed E-state index contributed by atoms with van der Waals surface area (Å²) in [6.07, 6.45) is 0. The van der Waals surface area contributed by atoms with Crippen molar-refractivity contribution in [2.24, 2.45) is 0 Å². The van der Waals surface area contributed by atoms with Crippen LogP contribution in [0.15, 0.2) is 84.9 Å². The molecule has 0 aliphatic heterocycles. The van der Waals surface area contributed by atoms with Gasteiger partial charge in [0.2, 0.25) is 0 Å². The van der Waals surface area contributed by atoms with Gasteiger partial charge in [-0.2, -0.15) is 0 Å². The highest BCUT2D eigenvalue weighted by atomic mass is 16.5. The Morgan fingerprint density at radius 1 is 0.487 bits per heavy atom. The molecule has 0 bridgehead atoms. The maximum atomic E-state index is 12.8. The summed E-state index contributed by atoms with van der Waals surface area (Å²) in [6, 6.07) is 23.7. The molecule has 0 unspecified atom stereocenters. The Hall–Kier alpha value is -5.18. The predicted molar refractivity (Wildman–Crippen MR) is 148 cm³/mol. The second-order valence-corrected chi connectivity index (χ2v) is 8.19. The first-order chi connectivity index (χ1) is 18.9. The maximum Gasteiger partial charge on any atom is 0.255 e. The monoisotopic (exact) mass is 528 g/mol. The first-order valence-corrected chi connectivity index (χ1v) is 11.9. The molecule has 0 aliphatic rings. The number of carbonyl (C=O) groups is 2. The van der Waals surface area contributed by atoms with Crippen LogP contribution in [-0.2, 0) is 0 Å². The Morgan fingerprint density at radius 3 is 1.18 bits per heavy atom. The van der Waals surface area contributed by atoms with Gasteiger partial charge in [0.1, 0.15) is 34.5 Å². The number of carbonyl (C=O) groups excluding carboxylic acids is 2. The average molecular weight is 529 g/mol. The van der Waals surface area contributed by atoms with Crippen LogP contribution in [0.1, 0.15) is 20.7 Å². The third-order valence-corrected chi connectivity index (χ3v) is 5.78. The highest BCUT2D eigenvalue weighted by Gasteiger charge is 2.13. The lowest BCUT2D eigenvalue weighted by molar-refractivity contribution is 0.101. The molecule has 9 heteroatoms. The molecule has 200 valence electrons. The Kier molecular flexibility index (Phi) is 8.53. The summed E-state index contributed by atoms with van der Waals surface area (Å²) in [7, 11) is 6.16. The molecule has 0 saturated heterocycles. The lowest BCUT2D eigenvalue weighted by Crippen LogP contribution is -2.12. The summed E-state index contributed by atoms with van der Waals surface area (Å²) in [5.41, 5.74) is 1.87. The van der Waals surface area contributed by atoms with Crippen LogP contribution in [0.3, 0.4) is 0 Å². The van der Waals surface area contributed by atoms with Crippen molar-refractivity contribution in [1.29, 1.82) is 0 Å². The van der Waals surface area contributed by atoms with Gasteiger partial charge in [-0.25, -0.2) is 0 Å². The Balaban J connectivity index is 1.39. The fourth-order valence-electron chi connectivity index (χ4n) is 3.70. The van der Waals surface area contributed by atoms with E-state index in [9.17, 15) is 9.59 Å². The number of amides is 2. The molecule has 0 aliphatic carbocycles. The number of hydrogen-bond donors (Lipinski definition) is 2. The van der Waals surface area contributed by atoms with Crippen molar-refractivity contribution in [3.05, 3.63) is 96.1 Å². The van der Waals surface area contributed by atoms with E-state index in [2.05, 4.69) is 10.6 Å². The van der Waals surface area contributed by atoms with Crippen LogP contribution in [0.4, 0.5) is 11.4 Å². The molecule has 0 atom stereocenters. The molecule has 0 heterocycles. The molecular formula is C30H28N2O7. The van der Waals surface area contributed by atoms with Crippen LogP contribution in [0.25, 0.3) is 0 Å². The molecule has 2 amide bonds. The zero-order valence-corrected chi connectivity index (χ0v) is 21.9. The van der Waals surface area contributed by atoms with E-state index in [0.717, 1.165) is 0 Å². The summed E-state index contributed by atoms with van der Waals surface area (Å²) >= 11 is 0. The third-order valence-electron chi connectivity index (χ3n) is 5.78. The van der Waals surface area contributed by atoms with Gasteiger partial charge < -0.3 is 34.3 Å². The molecule has 39 heavy (non-hydrogen) atoms. The largest absolute Gasteiger partial charge is 0.497 e. The second kappa shape index (κ2) is 12.4. The summed E-state index contributed by atoms with van der Waals surface area (Å²) in [6.45, 7) is 0. The van der Waals surface area contributed by atoms with Gasteiger partial charge in [0.05, 0.1) is 39.8 Å². The zero-order valence-electron chi connectivity index (χ0n) is 21.9. The van der Waals surface area contributed by atoms with Crippen molar-refractivity contribution >= 4 is 23.2 Å². The van der Waals surface area contributed by atoms with Crippen LogP contribution in [0, 0.1) is 0 Å². The highest BCUT2D eigenvalue weighted by Crippen LogP contribution is 2.31. The van der Waals surface area contributed by atoms with Gasteiger partial charge in [-0.1, -0.05) is 0 Å². The van der Waals surface area contributed by atoms with Gasteiger partial charge in [-0.05, 0) is 72.8 Å². The Morgan fingerprint density at radius 2 is 0.846 bits per heavy atom. The third kappa shape index (κ3) is 6.58. The SMILES string of the molecule is COc1ccc(OC)c(NC(=O)c2ccc(Oc3ccc(C(=O)Nc4cc(OC)ccc4OC)cc3)cc2)c1. The van der Waals surface area contributed by atoms with Crippen molar-refractivity contribution in [1.82, 2.24) is 0 Å². The normalized spacial score (nSPS) is 10.3. The van der Waals surface area contributed by atoms with E-state index in [4.69, 9.17) is 23.7 Å². The fourth-order valence-corrected chi connectivity index (χ4v) is 3.70.